The number of hydrogen-bond acceptors (Lipinski definition) is 3. The van der Waals surface area contributed by atoms with Crippen LogP contribution in [-0.4, -0.2) is 14.2 Å². The number of nitrogens with zero attached hydrogens (tertiary/aromatic N) is 1. The molecule has 1 aromatic carbocycles. The fourth-order valence-corrected chi connectivity index (χ4v) is 2.88. The summed E-state index contributed by atoms with van der Waals surface area (Å²) in [5, 5.41) is 8.83. The van der Waals surface area contributed by atoms with E-state index in [-0.39, 0.29) is 10.6 Å². The maximum atomic E-state index is 13.0. The first-order valence-electron chi connectivity index (χ1n) is 5.66. The van der Waals surface area contributed by atoms with E-state index < -0.39 is 21.1 Å². The fraction of sp³-hybridized carbons (Fsp3) is 0.462. The molecular formula is C13H16FNO2S. The zero-order valence-electron chi connectivity index (χ0n) is 10.5. The summed E-state index contributed by atoms with van der Waals surface area (Å²) >= 11 is 0. The monoisotopic (exact) mass is 269 g/mol. The third-order valence-electron chi connectivity index (χ3n) is 2.67. The van der Waals surface area contributed by atoms with Gasteiger partial charge < -0.3 is 0 Å². The standard InChI is InChI=1S/C13H16FNO2S/c1-13(2,10-15)7-4-8-18(16,17)12-6-3-5-11(14)9-12/h3,5-6,9H,4,7-8H2,1-2H3. The van der Waals surface area contributed by atoms with Gasteiger partial charge in [0, 0.05) is 0 Å². The lowest BCUT2D eigenvalue weighted by Crippen LogP contribution is -2.12. The number of rotatable bonds is 5. The van der Waals surface area contributed by atoms with Crippen LogP contribution in [0.4, 0.5) is 4.39 Å². The minimum absolute atomic E-state index is 0.00253. The van der Waals surface area contributed by atoms with Crippen molar-refractivity contribution in [3.05, 3.63) is 30.1 Å². The molecule has 0 aromatic heterocycles. The average Bonchev–Trinajstić information content (AvgIpc) is 2.28. The van der Waals surface area contributed by atoms with Crippen molar-refractivity contribution >= 4 is 9.84 Å². The molecular weight excluding hydrogens is 253 g/mol. The second-order valence-electron chi connectivity index (χ2n) is 4.88. The van der Waals surface area contributed by atoms with Crippen molar-refractivity contribution in [2.24, 2.45) is 5.41 Å². The molecule has 98 valence electrons. The summed E-state index contributed by atoms with van der Waals surface area (Å²) in [4.78, 5) is -0.00253. The first-order valence-corrected chi connectivity index (χ1v) is 7.32. The van der Waals surface area contributed by atoms with E-state index in [9.17, 15) is 12.8 Å². The van der Waals surface area contributed by atoms with E-state index in [0.717, 1.165) is 6.07 Å². The number of benzene rings is 1. The van der Waals surface area contributed by atoms with Crippen LogP contribution in [0.2, 0.25) is 0 Å². The molecule has 3 nitrogen and oxygen atoms in total. The normalized spacial score (nSPS) is 12.1. The summed E-state index contributed by atoms with van der Waals surface area (Å²) < 4.78 is 36.8. The second kappa shape index (κ2) is 5.49. The van der Waals surface area contributed by atoms with Crippen LogP contribution >= 0.6 is 0 Å². The smallest absolute Gasteiger partial charge is 0.178 e. The van der Waals surface area contributed by atoms with Crippen LogP contribution in [0.3, 0.4) is 0 Å². The van der Waals surface area contributed by atoms with Crippen molar-refractivity contribution in [1.82, 2.24) is 0 Å². The lowest BCUT2D eigenvalue weighted by molar-refractivity contribution is 0.445. The Morgan fingerprint density at radius 2 is 2.06 bits per heavy atom. The third kappa shape index (κ3) is 4.11. The van der Waals surface area contributed by atoms with Gasteiger partial charge in [-0.2, -0.15) is 5.26 Å². The van der Waals surface area contributed by atoms with Gasteiger partial charge in [0.25, 0.3) is 0 Å². The quantitative estimate of drug-likeness (QED) is 0.825. The minimum atomic E-state index is -3.46. The molecule has 0 N–H and O–H groups in total. The van der Waals surface area contributed by atoms with E-state index in [2.05, 4.69) is 6.07 Å². The lowest BCUT2D eigenvalue weighted by Gasteiger charge is -2.14. The molecule has 0 fully saturated rings. The highest BCUT2D eigenvalue weighted by atomic mass is 32.2. The number of hydrogen-bond donors (Lipinski definition) is 0. The van der Waals surface area contributed by atoms with Crippen molar-refractivity contribution in [1.29, 1.82) is 5.26 Å². The molecule has 1 aromatic rings. The average molecular weight is 269 g/mol. The van der Waals surface area contributed by atoms with Crippen LogP contribution < -0.4 is 0 Å². The first-order chi connectivity index (χ1) is 8.27. The molecule has 0 unspecified atom stereocenters. The van der Waals surface area contributed by atoms with Gasteiger partial charge in [-0.15, -0.1) is 0 Å². The summed E-state index contributed by atoms with van der Waals surface area (Å²) in [6, 6.07) is 7.11. The Bertz CT molecular complexity index is 559. The van der Waals surface area contributed by atoms with E-state index in [1.165, 1.54) is 18.2 Å². The highest BCUT2D eigenvalue weighted by Gasteiger charge is 2.20. The zero-order valence-corrected chi connectivity index (χ0v) is 11.3. The first kappa shape index (κ1) is 14.7. The van der Waals surface area contributed by atoms with Gasteiger partial charge in [0.1, 0.15) is 5.82 Å². The molecule has 0 aliphatic rings. The molecule has 0 saturated carbocycles. The molecule has 0 radical (unpaired) electrons. The number of sulfone groups is 1. The van der Waals surface area contributed by atoms with Gasteiger partial charge in [0.2, 0.25) is 0 Å². The Balaban J connectivity index is 2.70. The Kier molecular flexibility index (Phi) is 4.47. The van der Waals surface area contributed by atoms with Gasteiger partial charge in [0.05, 0.1) is 22.1 Å². The van der Waals surface area contributed by atoms with Crippen LogP contribution in [0.5, 0.6) is 0 Å². The van der Waals surface area contributed by atoms with Gasteiger partial charge in [-0.1, -0.05) is 6.07 Å². The van der Waals surface area contributed by atoms with E-state index in [4.69, 9.17) is 5.26 Å². The summed E-state index contributed by atoms with van der Waals surface area (Å²) in [5.41, 5.74) is -0.530. The van der Waals surface area contributed by atoms with Crippen LogP contribution in [0.15, 0.2) is 29.2 Å². The molecule has 0 heterocycles. The number of nitriles is 1. The molecule has 0 atom stereocenters. The third-order valence-corrected chi connectivity index (χ3v) is 4.47. The molecule has 0 spiro atoms. The highest BCUT2D eigenvalue weighted by Crippen LogP contribution is 2.22. The largest absolute Gasteiger partial charge is 0.224 e. The van der Waals surface area contributed by atoms with Gasteiger partial charge in [-0.3, -0.25) is 0 Å². The zero-order chi connectivity index (χ0) is 13.8. The lowest BCUT2D eigenvalue weighted by atomic mass is 9.90. The Labute approximate surface area is 107 Å². The molecule has 0 aliphatic heterocycles. The predicted molar refractivity (Wildman–Crippen MR) is 67.1 cm³/mol. The van der Waals surface area contributed by atoms with E-state index in [1.807, 2.05) is 0 Å². The molecule has 0 aliphatic carbocycles. The van der Waals surface area contributed by atoms with Crippen molar-refractivity contribution in [2.75, 3.05) is 5.75 Å². The Morgan fingerprint density at radius 1 is 1.39 bits per heavy atom. The molecule has 5 heteroatoms. The van der Waals surface area contributed by atoms with Crippen molar-refractivity contribution in [3.63, 3.8) is 0 Å². The van der Waals surface area contributed by atoms with Gasteiger partial charge in [0.15, 0.2) is 9.84 Å². The molecule has 0 bridgehead atoms. The molecule has 0 amide bonds. The van der Waals surface area contributed by atoms with E-state index in [0.29, 0.717) is 12.8 Å². The fourth-order valence-electron chi connectivity index (χ4n) is 1.54. The van der Waals surface area contributed by atoms with Crippen LogP contribution in [0.25, 0.3) is 0 Å². The summed E-state index contributed by atoms with van der Waals surface area (Å²) in [6.07, 6.45) is 0.886. The van der Waals surface area contributed by atoms with Crippen molar-refractivity contribution in [2.45, 2.75) is 31.6 Å². The van der Waals surface area contributed by atoms with Gasteiger partial charge >= 0.3 is 0 Å². The Morgan fingerprint density at radius 3 is 2.61 bits per heavy atom. The topological polar surface area (TPSA) is 57.9 Å². The van der Waals surface area contributed by atoms with Crippen molar-refractivity contribution < 1.29 is 12.8 Å². The van der Waals surface area contributed by atoms with E-state index in [1.54, 1.807) is 13.8 Å². The summed E-state index contributed by atoms with van der Waals surface area (Å²) in [5.74, 6) is -0.630. The second-order valence-corrected chi connectivity index (χ2v) is 6.98. The maximum Gasteiger partial charge on any atom is 0.178 e. The van der Waals surface area contributed by atoms with Gasteiger partial charge in [-0.05, 0) is 44.9 Å². The number of halogens is 1. The van der Waals surface area contributed by atoms with Crippen LogP contribution in [-0.2, 0) is 9.84 Å². The van der Waals surface area contributed by atoms with E-state index >= 15 is 0 Å². The molecule has 18 heavy (non-hydrogen) atoms. The van der Waals surface area contributed by atoms with Gasteiger partial charge in [-0.25, -0.2) is 12.8 Å². The Hall–Kier alpha value is -1.41. The summed E-state index contributed by atoms with van der Waals surface area (Å²) in [7, 11) is -3.46. The van der Waals surface area contributed by atoms with Crippen LogP contribution in [0.1, 0.15) is 26.7 Å². The van der Waals surface area contributed by atoms with Crippen LogP contribution in [0, 0.1) is 22.6 Å². The predicted octanol–water partition coefficient (Wildman–Crippen LogP) is 2.93. The molecule has 1 rings (SSSR count). The summed E-state index contributed by atoms with van der Waals surface area (Å²) in [6.45, 7) is 3.53. The SMILES string of the molecule is CC(C)(C#N)CCCS(=O)(=O)c1cccc(F)c1. The highest BCUT2D eigenvalue weighted by molar-refractivity contribution is 7.91. The molecule has 0 saturated heterocycles. The maximum absolute atomic E-state index is 13.0. The minimum Gasteiger partial charge on any atom is -0.224 e. The van der Waals surface area contributed by atoms with Crippen molar-refractivity contribution in [3.8, 4) is 6.07 Å².